The molecule has 0 saturated carbocycles. The van der Waals surface area contributed by atoms with E-state index >= 15 is 0 Å². The number of fused-ring (bicyclic) bond motifs is 1. The number of aliphatic hydroxyl groups excluding tert-OH is 1. The summed E-state index contributed by atoms with van der Waals surface area (Å²) < 4.78 is 7.03. The lowest BCUT2D eigenvalue weighted by Gasteiger charge is -2.16. The number of thiophene rings is 1. The van der Waals surface area contributed by atoms with Crippen molar-refractivity contribution in [1.82, 2.24) is 14.9 Å². The summed E-state index contributed by atoms with van der Waals surface area (Å²) in [6.45, 7) is 3.62. The molecule has 0 amide bonds. The van der Waals surface area contributed by atoms with Crippen molar-refractivity contribution in [2.45, 2.75) is 19.1 Å². The monoisotopic (exact) mass is 357 g/mol. The van der Waals surface area contributed by atoms with Crippen molar-refractivity contribution in [2.75, 3.05) is 19.7 Å². The Kier molecular flexibility index (Phi) is 4.29. The summed E-state index contributed by atoms with van der Waals surface area (Å²) in [7, 11) is 0. The van der Waals surface area contributed by atoms with Gasteiger partial charge in [-0.2, -0.15) is 0 Å². The van der Waals surface area contributed by atoms with Crippen molar-refractivity contribution in [3.63, 3.8) is 0 Å². The van der Waals surface area contributed by atoms with Crippen LogP contribution in [0.15, 0.2) is 40.8 Å². The summed E-state index contributed by atoms with van der Waals surface area (Å²) in [5, 5.41) is 15.8. The Morgan fingerprint density at radius 2 is 2.16 bits per heavy atom. The molecule has 1 aliphatic heterocycles. The van der Waals surface area contributed by atoms with Crippen LogP contribution in [0, 0.1) is 0 Å². The molecule has 7 heteroatoms. The average molecular weight is 357 g/mol. The minimum Gasteiger partial charge on any atom is -0.494 e. The summed E-state index contributed by atoms with van der Waals surface area (Å²) >= 11 is 1.46. The normalized spacial score (nSPS) is 20.2. The van der Waals surface area contributed by atoms with Gasteiger partial charge in [0.1, 0.15) is 10.6 Å². The first-order valence-corrected chi connectivity index (χ1v) is 9.17. The topological polar surface area (TPSA) is 76.4 Å². The molecular weight excluding hydrogens is 338 g/mol. The highest BCUT2D eigenvalue weighted by molar-refractivity contribution is 7.17. The van der Waals surface area contributed by atoms with Gasteiger partial charge in [-0.05, 0) is 24.6 Å². The first-order valence-electron chi connectivity index (χ1n) is 8.29. The van der Waals surface area contributed by atoms with E-state index < -0.39 is 6.10 Å². The molecule has 2 atom stereocenters. The van der Waals surface area contributed by atoms with Gasteiger partial charge in [-0.25, -0.2) is 4.98 Å². The van der Waals surface area contributed by atoms with Crippen LogP contribution >= 0.6 is 11.3 Å². The molecular formula is C18H19N3O3S. The van der Waals surface area contributed by atoms with Crippen molar-refractivity contribution in [2.24, 2.45) is 0 Å². The molecule has 2 N–H and O–H groups in total. The lowest BCUT2D eigenvalue weighted by Crippen LogP contribution is -2.31. The van der Waals surface area contributed by atoms with Crippen molar-refractivity contribution in [1.29, 1.82) is 0 Å². The van der Waals surface area contributed by atoms with Gasteiger partial charge in [0.2, 0.25) is 0 Å². The molecule has 1 aromatic carbocycles. The minimum absolute atomic E-state index is 0.108. The third kappa shape index (κ3) is 2.84. The van der Waals surface area contributed by atoms with Crippen LogP contribution in [0.2, 0.25) is 0 Å². The van der Waals surface area contributed by atoms with Crippen LogP contribution in [0.4, 0.5) is 0 Å². The Morgan fingerprint density at radius 1 is 1.36 bits per heavy atom. The lowest BCUT2D eigenvalue weighted by molar-refractivity contribution is 0.149. The molecule has 0 unspecified atom stereocenters. The first-order chi connectivity index (χ1) is 12.2. The van der Waals surface area contributed by atoms with E-state index in [4.69, 9.17) is 4.74 Å². The van der Waals surface area contributed by atoms with Crippen molar-refractivity contribution in [3.05, 3.63) is 46.3 Å². The maximum Gasteiger partial charge on any atom is 0.263 e. The van der Waals surface area contributed by atoms with Crippen LogP contribution in [0.25, 0.3) is 21.3 Å². The van der Waals surface area contributed by atoms with E-state index in [1.165, 1.54) is 11.3 Å². The predicted octanol–water partition coefficient (Wildman–Crippen LogP) is 2.03. The van der Waals surface area contributed by atoms with Crippen LogP contribution in [0.1, 0.15) is 13.0 Å². The van der Waals surface area contributed by atoms with Gasteiger partial charge < -0.3 is 15.2 Å². The minimum atomic E-state index is -0.579. The lowest BCUT2D eigenvalue weighted by atomic mass is 10.1. The molecule has 3 heterocycles. The van der Waals surface area contributed by atoms with Gasteiger partial charge >= 0.3 is 0 Å². The number of β-amino-alcohol motifs (C(OH)–C–C–N with tert-alkyl or cyclic N) is 1. The third-order valence-corrected chi connectivity index (χ3v) is 5.39. The molecule has 1 aliphatic rings. The fourth-order valence-electron chi connectivity index (χ4n) is 3.23. The summed E-state index contributed by atoms with van der Waals surface area (Å²) in [4.78, 5) is 18.2. The van der Waals surface area contributed by atoms with Gasteiger partial charge in [0.05, 0.1) is 30.5 Å². The Labute approximate surface area is 148 Å². The van der Waals surface area contributed by atoms with E-state index in [0.717, 1.165) is 16.9 Å². The summed E-state index contributed by atoms with van der Waals surface area (Å²) in [5.41, 5.74) is 1.72. The Hall–Kier alpha value is -2.22. The Balaban J connectivity index is 1.81. The van der Waals surface area contributed by atoms with E-state index in [2.05, 4.69) is 10.3 Å². The second-order valence-electron chi connectivity index (χ2n) is 6.04. The molecule has 3 aromatic rings. The molecule has 4 rings (SSSR count). The van der Waals surface area contributed by atoms with Crippen molar-refractivity contribution in [3.8, 4) is 16.9 Å². The summed E-state index contributed by atoms with van der Waals surface area (Å²) in [6, 6.07) is 7.44. The molecule has 25 heavy (non-hydrogen) atoms. The summed E-state index contributed by atoms with van der Waals surface area (Å²) in [6.07, 6.45) is 0.966. The van der Waals surface area contributed by atoms with E-state index in [9.17, 15) is 9.90 Å². The quantitative estimate of drug-likeness (QED) is 0.747. The zero-order valence-electron chi connectivity index (χ0n) is 13.8. The Morgan fingerprint density at radius 3 is 2.84 bits per heavy atom. The van der Waals surface area contributed by atoms with Gasteiger partial charge in [-0.15, -0.1) is 11.3 Å². The maximum absolute atomic E-state index is 13.1. The number of ether oxygens (including phenoxy) is 1. The molecule has 130 valence electrons. The number of hydrogen-bond donors (Lipinski definition) is 2. The van der Waals surface area contributed by atoms with Crippen molar-refractivity contribution < 1.29 is 9.84 Å². The highest BCUT2D eigenvalue weighted by Crippen LogP contribution is 2.32. The molecule has 2 aromatic heterocycles. The molecule has 0 bridgehead atoms. The van der Waals surface area contributed by atoms with Crippen LogP contribution < -0.4 is 15.6 Å². The van der Waals surface area contributed by atoms with Crippen LogP contribution in [-0.2, 0) is 0 Å². The third-order valence-electron chi connectivity index (χ3n) is 4.50. The second-order valence-corrected chi connectivity index (χ2v) is 6.89. The van der Waals surface area contributed by atoms with Crippen LogP contribution in [0.5, 0.6) is 5.75 Å². The van der Waals surface area contributed by atoms with Gasteiger partial charge in [-0.1, -0.05) is 12.1 Å². The van der Waals surface area contributed by atoms with Gasteiger partial charge in [-0.3, -0.25) is 9.36 Å². The average Bonchev–Trinajstić information content (AvgIpc) is 3.23. The van der Waals surface area contributed by atoms with E-state index in [1.54, 1.807) is 10.9 Å². The summed E-state index contributed by atoms with van der Waals surface area (Å²) in [5.74, 6) is 0.807. The number of nitrogens with one attached hydrogen (secondary N) is 1. The zero-order valence-corrected chi connectivity index (χ0v) is 14.6. The maximum atomic E-state index is 13.1. The van der Waals surface area contributed by atoms with E-state index in [-0.39, 0.29) is 11.6 Å². The molecule has 0 radical (unpaired) electrons. The van der Waals surface area contributed by atoms with Gasteiger partial charge in [0, 0.05) is 24.0 Å². The standard InChI is InChI=1S/C18H19N3O3S/c1-2-24-12-5-3-11(4-6-12)13-9-25-17-16(13)18(23)21(10-20-17)14-7-19-8-15(14)22/h3-6,9-10,14-15,19,22H,2,7-8H2,1H3/t14-,15-/m1/s1. The predicted molar refractivity (Wildman–Crippen MR) is 98.4 cm³/mol. The Bertz CT molecular complexity index is 948. The number of nitrogens with zero attached hydrogens (tertiary/aromatic N) is 2. The smallest absolute Gasteiger partial charge is 0.263 e. The number of aromatic nitrogens is 2. The number of hydrogen-bond acceptors (Lipinski definition) is 6. The zero-order chi connectivity index (χ0) is 17.4. The van der Waals surface area contributed by atoms with Crippen molar-refractivity contribution >= 4 is 21.6 Å². The molecule has 1 fully saturated rings. The molecule has 1 saturated heterocycles. The second kappa shape index (κ2) is 6.59. The molecule has 6 nitrogen and oxygen atoms in total. The van der Waals surface area contributed by atoms with E-state index in [0.29, 0.717) is 29.9 Å². The van der Waals surface area contributed by atoms with E-state index in [1.807, 2.05) is 36.6 Å². The first kappa shape index (κ1) is 16.3. The number of aliphatic hydroxyl groups is 1. The van der Waals surface area contributed by atoms with Gasteiger partial charge in [0.25, 0.3) is 5.56 Å². The molecule has 0 spiro atoms. The SMILES string of the molecule is CCOc1ccc(-c2csc3ncn([C@@H]4CNC[C@H]4O)c(=O)c23)cc1. The number of benzene rings is 1. The largest absolute Gasteiger partial charge is 0.494 e. The highest BCUT2D eigenvalue weighted by atomic mass is 32.1. The van der Waals surface area contributed by atoms with Gasteiger partial charge in [0.15, 0.2) is 0 Å². The fraction of sp³-hybridized carbons (Fsp3) is 0.333. The number of rotatable bonds is 4. The van der Waals surface area contributed by atoms with Crippen LogP contribution in [0.3, 0.4) is 0 Å². The van der Waals surface area contributed by atoms with Crippen LogP contribution in [-0.4, -0.2) is 40.5 Å². The molecule has 0 aliphatic carbocycles. The fourth-order valence-corrected chi connectivity index (χ4v) is 4.13. The highest BCUT2D eigenvalue weighted by Gasteiger charge is 2.28.